The Morgan fingerprint density at radius 1 is 1.38 bits per heavy atom. The van der Waals surface area contributed by atoms with Crippen molar-refractivity contribution in [3.63, 3.8) is 0 Å². The van der Waals surface area contributed by atoms with Crippen LogP contribution in [0.3, 0.4) is 0 Å². The second kappa shape index (κ2) is 6.43. The second-order valence-electron chi connectivity index (χ2n) is 5.52. The van der Waals surface area contributed by atoms with Gasteiger partial charge in [-0.3, -0.25) is 4.79 Å². The number of amides is 1. The number of carbonyl (C=O) groups excluding carboxylic acids is 1. The number of sulfone groups is 1. The first-order chi connectivity index (χ1) is 9.94. The predicted molar refractivity (Wildman–Crippen MR) is 84.0 cm³/mol. The summed E-state index contributed by atoms with van der Waals surface area (Å²) in [5, 5.41) is 2.88. The summed E-state index contributed by atoms with van der Waals surface area (Å²) in [6.45, 7) is 5.32. The number of rotatable bonds is 5. The van der Waals surface area contributed by atoms with Crippen molar-refractivity contribution in [2.24, 2.45) is 5.92 Å². The summed E-state index contributed by atoms with van der Waals surface area (Å²) < 4.78 is 24.1. The van der Waals surface area contributed by atoms with E-state index in [9.17, 15) is 13.2 Å². The molecule has 21 heavy (non-hydrogen) atoms. The smallest absolute Gasteiger partial charge is 0.227 e. The van der Waals surface area contributed by atoms with Gasteiger partial charge in [-0.15, -0.1) is 6.58 Å². The minimum absolute atomic E-state index is 0.00568. The van der Waals surface area contributed by atoms with Crippen molar-refractivity contribution in [1.29, 1.82) is 0 Å². The zero-order valence-corrected chi connectivity index (χ0v) is 13.1. The average Bonchev–Trinajstić information content (AvgIpc) is 2.95. The minimum atomic E-state index is -3.37. The van der Waals surface area contributed by atoms with E-state index in [2.05, 4.69) is 11.9 Å². The molecule has 0 heterocycles. The Bertz CT molecular complexity index is 643. The van der Waals surface area contributed by atoms with E-state index in [1.54, 1.807) is 18.2 Å². The van der Waals surface area contributed by atoms with Gasteiger partial charge < -0.3 is 5.32 Å². The molecule has 1 aliphatic rings. The summed E-state index contributed by atoms with van der Waals surface area (Å²) in [6, 6.07) is 4.83. The third-order valence-corrected chi connectivity index (χ3v) is 5.54. The first-order valence-electron chi connectivity index (χ1n) is 7.19. The van der Waals surface area contributed by atoms with Gasteiger partial charge in [0.25, 0.3) is 0 Å². The van der Waals surface area contributed by atoms with E-state index in [-0.39, 0.29) is 22.5 Å². The van der Waals surface area contributed by atoms with Crippen LogP contribution in [0.4, 0.5) is 5.69 Å². The van der Waals surface area contributed by atoms with Gasteiger partial charge in [0.15, 0.2) is 9.84 Å². The van der Waals surface area contributed by atoms with Gasteiger partial charge in [0.2, 0.25) is 5.91 Å². The zero-order valence-electron chi connectivity index (χ0n) is 12.3. The topological polar surface area (TPSA) is 63.2 Å². The number of nitrogens with one attached hydrogen (secondary N) is 1. The quantitative estimate of drug-likeness (QED) is 0.850. The van der Waals surface area contributed by atoms with Crippen LogP contribution in [0.25, 0.3) is 0 Å². The molecule has 0 aromatic heterocycles. The molecule has 2 rings (SSSR count). The highest BCUT2D eigenvalue weighted by molar-refractivity contribution is 7.91. The molecule has 1 fully saturated rings. The van der Waals surface area contributed by atoms with Gasteiger partial charge in [-0.05, 0) is 37.5 Å². The molecule has 0 unspecified atom stereocenters. The number of benzene rings is 1. The maximum absolute atomic E-state index is 12.2. The fourth-order valence-electron chi connectivity index (χ4n) is 2.60. The van der Waals surface area contributed by atoms with E-state index in [1.165, 1.54) is 6.08 Å². The maximum Gasteiger partial charge on any atom is 0.227 e. The van der Waals surface area contributed by atoms with E-state index < -0.39 is 9.84 Å². The first kappa shape index (κ1) is 15.8. The van der Waals surface area contributed by atoms with E-state index in [4.69, 9.17) is 0 Å². The largest absolute Gasteiger partial charge is 0.326 e. The first-order valence-corrected chi connectivity index (χ1v) is 8.84. The van der Waals surface area contributed by atoms with Crippen molar-refractivity contribution < 1.29 is 13.2 Å². The molecule has 1 saturated carbocycles. The molecular weight excluding hydrogens is 286 g/mol. The summed E-state index contributed by atoms with van der Waals surface area (Å²) >= 11 is 0. The number of carbonyl (C=O) groups is 1. The molecule has 0 spiro atoms. The van der Waals surface area contributed by atoms with Crippen molar-refractivity contribution in [3.8, 4) is 0 Å². The van der Waals surface area contributed by atoms with Crippen LogP contribution < -0.4 is 5.32 Å². The number of hydrogen-bond donors (Lipinski definition) is 1. The molecular formula is C16H21NO3S. The van der Waals surface area contributed by atoms with E-state index >= 15 is 0 Å². The van der Waals surface area contributed by atoms with Gasteiger partial charge in [0.1, 0.15) is 0 Å². The highest BCUT2D eigenvalue weighted by Crippen LogP contribution is 2.27. The van der Waals surface area contributed by atoms with Crippen LogP contribution in [-0.4, -0.2) is 20.1 Å². The van der Waals surface area contributed by atoms with Crippen LogP contribution in [0.2, 0.25) is 0 Å². The van der Waals surface area contributed by atoms with Crippen LogP contribution in [0.15, 0.2) is 35.7 Å². The lowest BCUT2D eigenvalue weighted by molar-refractivity contribution is -0.119. The molecule has 1 aliphatic carbocycles. The van der Waals surface area contributed by atoms with Gasteiger partial charge >= 0.3 is 0 Å². The molecule has 0 aliphatic heterocycles. The van der Waals surface area contributed by atoms with Gasteiger partial charge in [-0.25, -0.2) is 8.42 Å². The molecule has 1 amide bonds. The summed E-state index contributed by atoms with van der Waals surface area (Å²) in [7, 11) is -3.37. The Hall–Kier alpha value is -1.62. The lowest BCUT2D eigenvalue weighted by Crippen LogP contribution is -2.21. The standard InChI is InChI=1S/C16H21NO3S/c1-3-10-21(19,20)14-9-8-12(2)15(11-14)17-16(18)13-6-4-5-7-13/h3,8-9,11,13H,1,4-7,10H2,2H3,(H,17,18). The molecule has 0 atom stereocenters. The Labute approximate surface area is 126 Å². The molecule has 1 aromatic rings. The summed E-state index contributed by atoms with van der Waals surface area (Å²) in [5.74, 6) is -0.0572. The number of hydrogen-bond acceptors (Lipinski definition) is 3. The molecule has 0 saturated heterocycles. The normalized spacial score (nSPS) is 15.9. The highest BCUT2D eigenvalue weighted by Gasteiger charge is 2.23. The number of aryl methyl sites for hydroxylation is 1. The van der Waals surface area contributed by atoms with Crippen molar-refractivity contribution in [2.75, 3.05) is 11.1 Å². The van der Waals surface area contributed by atoms with Crippen molar-refractivity contribution in [2.45, 2.75) is 37.5 Å². The van der Waals surface area contributed by atoms with Crippen molar-refractivity contribution in [1.82, 2.24) is 0 Å². The third-order valence-electron chi connectivity index (χ3n) is 3.89. The monoisotopic (exact) mass is 307 g/mol. The van der Waals surface area contributed by atoms with Crippen molar-refractivity contribution in [3.05, 3.63) is 36.4 Å². The average molecular weight is 307 g/mol. The van der Waals surface area contributed by atoms with E-state index in [0.717, 1.165) is 31.2 Å². The molecule has 5 heteroatoms. The summed E-state index contributed by atoms with van der Waals surface area (Å²) in [4.78, 5) is 12.4. The predicted octanol–water partition coefficient (Wildman–Crippen LogP) is 3.08. The van der Waals surface area contributed by atoms with Crippen LogP contribution in [0.1, 0.15) is 31.2 Å². The lowest BCUT2D eigenvalue weighted by Gasteiger charge is -2.13. The molecule has 114 valence electrons. The summed E-state index contributed by atoms with van der Waals surface area (Å²) in [6.07, 6.45) is 5.38. The van der Waals surface area contributed by atoms with Crippen LogP contribution in [0.5, 0.6) is 0 Å². The lowest BCUT2D eigenvalue weighted by atomic mass is 10.1. The Kier molecular flexibility index (Phi) is 4.83. The maximum atomic E-state index is 12.2. The van der Waals surface area contributed by atoms with Crippen LogP contribution in [0, 0.1) is 12.8 Å². The van der Waals surface area contributed by atoms with E-state index in [0.29, 0.717) is 5.69 Å². The Morgan fingerprint density at radius 2 is 2.05 bits per heavy atom. The van der Waals surface area contributed by atoms with Crippen LogP contribution >= 0.6 is 0 Å². The molecule has 1 N–H and O–H groups in total. The van der Waals surface area contributed by atoms with Crippen molar-refractivity contribution >= 4 is 21.4 Å². The van der Waals surface area contributed by atoms with Gasteiger partial charge in [0, 0.05) is 11.6 Å². The van der Waals surface area contributed by atoms with Gasteiger partial charge in [-0.1, -0.05) is 25.0 Å². The number of anilines is 1. The molecule has 1 aromatic carbocycles. The SMILES string of the molecule is C=CCS(=O)(=O)c1ccc(C)c(NC(=O)C2CCCC2)c1. The minimum Gasteiger partial charge on any atom is -0.326 e. The molecule has 0 bridgehead atoms. The zero-order chi connectivity index (χ0) is 15.5. The fraction of sp³-hybridized carbons (Fsp3) is 0.438. The van der Waals surface area contributed by atoms with Crippen LogP contribution in [-0.2, 0) is 14.6 Å². The van der Waals surface area contributed by atoms with Gasteiger partial charge in [0.05, 0.1) is 10.6 Å². The second-order valence-corrected chi connectivity index (χ2v) is 7.55. The summed E-state index contributed by atoms with van der Waals surface area (Å²) in [5.41, 5.74) is 1.44. The molecule has 4 nitrogen and oxygen atoms in total. The van der Waals surface area contributed by atoms with E-state index in [1.807, 2.05) is 6.92 Å². The van der Waals surface area contributed by atoms with Gasteiger partial charge in [-0.2, -0.15) is 0 Å². The Balaban J connectivity index is 2.23. The third kappa shape index (κ3) is 3.73. The fourth-order valence-corrected chi connectivity index (χ4v) is 3.68. The molecule has 0 radical (unpaired) electrons. The highest BCUT2D eigenvalue weighted by atomic mass is 32.2. The Morgan fingerprint density at radius 3 is 2.67 bits per heavy atom.